The summed E-state index contributed by atoms with van der Waals surface area (Å²) in [7, 11) is 0. The van der Waals surface area contributed by atoms with Gasteiger partial charge in [0.1, 0.15) is 11.4 Å². The number of hydrogen-bond donors (Lipinski definition) is 2. The Kier molecular flexibility index (Phi) is 6.54. The second-order valence-electron chi connectivity index (χ2n) is 7.42. The number of pyridine rings is 1. The van der Waals surface area contributed by atoms with Crippen LogP contribution in [0.3, 0.4) is 0 Å². The molecule has 0 radical (unpaired) electrons. The molecule has 1 aromatic carbocycles. The van der Waals surface area contributed by atoms with Gasteiger partial charge >= 0.3 is 6.09 Å². The maximum Gasteiger partial charge on any atom is 0.408 e. The Morgan fingerprint density at radius 3 is 2.69 bits per heavy atom. The van der Waals surface area contributed by atoms with E-state index in [4.69, 9.17) is 21.1 Å². The van der Waals surface area contributed by atoms with Crippen molar-refractivity contribution in [2.45, 2.75) is 43.7 Å². The molecule has 0 bridgehead atoms. The molecule has 7 nitrogen and oxygen atoms in total. The van der Waals surface area contributed by atoms with Crippen molar-refractivity contribution in [1.82, 2.24) is 15.0 Å². The Bertz CT molecular complexity index is 903. The van der Waals surface area contributed by atoms with Crippen molar-refractivity contribution in [3.63, 3.8) is 0 Å². The van der Waals surface area contributed by atoms with Gasteiger partial charge in [-0.2, -0.15) is 0 Å². The van der Waals surface area contributed by atoms with Gasteiger partial charge in [-0.15, -0.1) is 0 Å². The van der Waals surface area contributed by atoms with Crippen LogP contribution in [0, 0.1) is 0 Å². The molecule has 0 saturated heterocycles. The Morgan fingerprint density at radius 2 is 2.00 bits per heavy atom. The minimum absolute atomic E-state index is 0.276. The Balaban J connectivity index is 1.73. The zero-order valence-corrected chi connectivity index (χ0v) is 17.9. The van der Waals surface area contributed by atoms with E-state index in [9.17, 15) is 9.59 Å². The molecule has 0 fully saturated rings. The summed E-state index contributed by atoms with van der Waals surface area (Å²) in [6, 6.07) is 6.52. The summed E-state index contributed by atoms with van der Waals surface area (Å²) < 4.78 is 13.8. The van der Waals surface area contributed by atoms with E-state index in [0.717, 1.165) is 4.90 Å². The second-order valence-corrected chi connectivity index (χ2v) is 8.71. The highest BCUT2D eigenvalue weighted by molar-refractivity contribution is 7.98. The van der Waals surface area contributed by atoms with Crippen molar-refractivity contribution < 1.29 is 19.1 Å². The number of ether oxygens (including phenoxy) is 2. The van der Waals surface area contributed by atoms with Crippen LogP contribution < -0.4 is 14.8 Å². The number of hydrogen-bond acceptors (Lipinski definition) is 6. The smallest absolute Gasteiger partial charge is 0.408 e. The third-order valence-corrected chi connectivity index (χ3v) is 5.09. The number of aromatic nitrogens is 1. The highest BCUT2D eigenvalue weighted by Crippen LogP contribution is 2.36. The quantitative estimate of drug-likeness (QED) is 0.686. The predicted molar refractivity (Wildman–Crippen MR) is 111 cm³/mol. The lowest BCUT2D eigenvalue weighted by Gasteiger charge is -2.28. The van der Waals surface area contributed by atoms with E-state index in [2.05, 4.69) is 15.0 Å². The van der Waals surface area contributed by atoms with Gasteiger partial charge in [-0.1, -0.05) is 11.6 Å². The summed E-state index contributed by atoms with van der Waals surface area (Å²) in [6.07, 6.45) is 3.35. The number of fused-ring (bicyclic) bond motifs is 1. The SMILES string of the molecule is CC(C)(C)OC(=O)NC1CCOc2cc(C(=O)NSc3ccncc3)c(Cl)cc21. The van der Waals surface area contributed by atoms with Crippen LogP contribution in [-0.4, -0.2) is 29.2 Å². The highest BCUT2D eigenvalue weighted by Gasteiger charge is 2.28. The molecule has 1 aliphatic rings. The van der Waals surface area contributed by atoms with Crippen LogP contribution in [-0.2, 0) is 4.74 Å². The van der Waals surface area contributed by atoms with Crippen LogP contribution in [0.4, 0.5) is 4.79 Å². The normalized spacial score (nSPS) is 15.7. The van der Waals surface area contributed by atoms with E-state index in [1.54, 1.807) is 57.4 Å². The summed E-state index contributed by atoms with van der Waals surface area (Å²) in [4.78, 5) is 29.5. The maximum absolute atomic E-state index is 12.6. The average molecular weight is 436 g/mol. The van der Waals surface area contributed by atoms with Crippen molar-refractivity contribution in [1.29, 1.82) is 0 Å². The molecule has 1 unspecified atom stereocenters. The molecular weight excluding hydrogens is 414 g/mol. The maximum atomic E-state index is 12.6. The van der Waals surface area contributed by atoms with E-state index >= 15 is 0 Å². The standard InChI is InChI=1S/C20H22ClN3O4S/c1-20(2,3)28-19(26)23-16-6-9-27-17-11-13(15(21)10-14(16)17)18(25)24-29-12-4-7-22-8-5-12/h4-5,7-8,10-11,16H,6,9H2,1-3H3,(H,23,26)(H,24,25). The molecule has 9 heteroatoms. The first-order valence-electron chi connectivity index (χ1n) is 9.06. The summed E-state index contributed by atoms with van der Waals surface area (Å²) in [6.45, 7) is 5.81. The lowest BCUT2D eigenvalue weighted by molar-refractivity contribution is 0.0490. The number of nitrogens with zero attached hydrogens (tertiary/aromatic N) is 1. The van der Waals surface area contributed by atoms with Gasteiger partial charge in [-0.05, 0) is 57.0 Å². The molecule has 2 N–H and O–H groups in total. The van der Waals surface area contributed by atoms with Crippen LogP contribution in [0.2, 0.25) is 5.02 Å². The van der Waals surface area contributed by atoms with Gasteiger partial charge in [0.05, 0.1) is 23.2 Å². The van der Waals surface area contributed by atoms with E-state index in [1.165, 1.54) is 11.9 Å². The van der Waals surface area contributed by atoms with Crippen molar-refractivity contribution in [3.05, 3.63) is 52.8 Å². The minimum Gasteiger partial charge on any atom is -0.493 e. The number of benzene rings is 1. The summed E-state index contributed by atoms with van der Waals surface area (Å²) in [5.41, 5.74) is 0.416. The molecule has 1 atom stereocenters. The molecule has 1 aromatic heterocycles. The van der Waals surface area contributed by atoms with Gasteiger partial charge in [0.2, 0.25) is 0 Å². The van der Waals surface area contributed by atoms with Crippen molar-refractivity contribution in [2.24, 2.45) is 0 Å². The molecule has 2 aromatic rings. The zero-order valence-electron chi connectivity index (χ0n) is 16.3. The van der Waals surface area contributed by atoms with Gasteiger partial charge in [0.25, 0.3) is 5.91 Å². The topological polar surface area (TPSA) is 89.5 Å². The predicted octanol–water partition coefficient (Wildman–Crippen LogP) is 4.52. The number of halogens is 1. The average Bonchev–Trinajstić information content (AvgIpc) is 2.65. The first-order valence-corrected chi connectivity index (χ1v) is 10.3. The molecule has 0 aliphatic carbocycles. The number of rotatable bonds is 4. The summed E-state index contributed by atoms with van der Waals surface area (Å²) in [5, 5.41) is 3.12. The van der Waals surface area contributed by atoms with Crippen LogP contribution in [0.5, 0.6) is 5.75 Å². The van der Waals surface area contributed by atoms with E-state index in [-0.39, 0.29) is 17.0 Å². The van der Waals surface area contributed by atoms with Gasteiger partial charge < -0.3 is 14.8 Å². The summed E-state index contributed by atoms with van der Waals surface area (Å²) in [5.74, 6) is 0.172. The Labute approximate surface area is 178 Å². The number of alkyl carbamates (subject to hydrolysis) is 1. The molecule has 0 saturated carbocycles. The molecule has 3 rings (SSSR count). The largest absolute Gasteiger partial charge is 0.493 e. The van der Waals surface area contributed by atoms with E-state index < -0.39 is 11.7 Å². The Morgan fingerprint density at radius 1 is 1.28 bits per heavy atom. The fraction of sp³-hybridized carbons (Fsp3) is 0.350. The molecule has 154 valence electrons. The fourth-order valence-electron chi connectivity index (χ4n) is 2.75. The van der Waals surface area contributed by atoms with Gasteiger partial charge in [0.15, 0.2) is 0 Å². The third-order valence-electron chi connectivity index (χ3n) is 3.99. The number of amides is 2. The number of carbonyl (C=O) groups is 2. The fourth-order valence-corrected chi connectivity index (χ4v) is 3.58. The van der Waals surface area contributed by atoms with E-state index in [0.29, 0.717) is 29.9 Å². The second kappa shape index (κ2) is 8.92. The molecule has 2 amide bonds. The first kappa shape index (κ1) is 21.3. The van der Waals surface area contributed by atoms with Gasteiger partial charge in [0, 0.05) is 29.3 Å². The zero-order chi connectivity index (χ0) is 21.0. The number of nitrogens with one attached hydrogen (secondary N) is 2. The molecule has 2 heterocycles. The minimum atomic E-state index is -0.593. The highest BCUT2D eigenvalue weighted by atomic mass is 35.5. The monoisotopic (exact) mass is 435 g/mol. The lowest BCUT2D eigenvalue weighted by Crippen LogP contribution is -2.37. The molecule has 0 spiro atoms. The first-order chi connectivity index (χ1) is 13.7. The van der Waals surface area contributed by atoms with Crippen LogP contribution in [0.25, 0.3) is 0 Å². The molecule has 1 aliphatic heterocycles. The van der Waals surface area contributed by atoms with Crippen molar-refractivity contribution in [3.8, 4) is 5.75 Å². The summed E-state index contributed by atoms with van der Waals surface area (Å²) >= 11 is 7.54. The van der Waals surface area contributed by atoms with Crippen molar-refractivity contribution >= 4 is 35.5 Å². The van der Waals surface area contributed by atoms with Gasteiger partial charge in [-0.25, -0.2) is 4.79 Å². The van der Waals surface area contributed by atoms with Gasteiger partial charge in [-0.3, -0.25) is 14.5 Å². The van der Waals surface area contributed by atoms with Crippen LogP contribution in [0.15, 0.2) is 41.6 Å². The van der Waals surface area contributed by atoms with Crippen LogP contribution >= 0.6 is 23.5 Å². The van der Waals surface area contributed by atoms with Crippen molar-refractivity contribution in [2.75, 3.05) is 6.61 Å². The molecule has 29 heavy (non-hydrogen) atoms. The third kappa shape index (κ3) is 5.77. The lowest BCUT2D eigenvalue weighted by atomic mass is 9.98. The Hall–Kier alpha value is -2.45. The van der Waals surface area contributed by atoms with Crippen LogP contribution in [0.1, 0.15) is 49.2 Å². The van der Waals surface area contributed by atoms with E-state index in [1.807, 2.05) is 0 Å². The molecular formula is C20H22ClN3O4S. The number of carbonyl (C=O) groups excluding carboxylic acids is 2.